The molecule has 76 valence electrons. The predicted octanol–water partition coefficient (Wildman–Crippen LogP) is 1.84. The number of nitrogens with zero attached hydrogens (tertiary/aromatic N) is 1. The molecule has 1 fully saturated rings. The fourth-order valence-corrected chi connectivity index (χ4v) is 1.64. The molecule has 3 nitrogen and oxygen atoms in total. The number of rotatable bonds is 3. The maximum atomic E-state index is 5.30. The van der Waals surface area contributed by atoms with Crippen molar-refractivity contribution in [1.29, 1.82) is 0 Å². The van der Waals surface area contributed by atoms with E-state index in [9.17, 15) is 0 Å². The fraction of sp³-hybridized carbons (Fsp3) is 0.545. The van der Waals surface area contributed by atoms with E-state index in [0.29, 0.717) is 6.04 Å². The smallest absolute Gasteiger partial charge is 0.0668 e. The molecule has 1 N–H and O–H groups in total. The molecule has 0 aromatic carbocycles. The molecule has 0 spiro atoms. The summed E-state index contributed by atoms with van der Waals surface area (Å²) in [6.45, 7) is 3.83. The van der Waals surface area contributed by atoms with Crippen LogP contribution in [0.15, 0.2) is 18.5 Å². The lowest BCUT2D eigenvalue weighted by Gasteiger charge is -2.12. The Balaban J connectivity index is 2.00. The number of pyridine rings is 1. The van der Waals surface area contributed by atoms with Crippen LogP contribution in [-0.4, -0.2) is 24.2 Å². The van der Waals surface area contributed by atoms with E-state index in [1.54, 1.807) is 0 Å². The van der Waals surface area contributed by atoms with Gasteiger partial charge in [0.2, 0.25) is 0 Å². The molecule has 2 heterocycles. The van der Waals surface area contributed by atoms with Crippen LogP contribution in [0.1, 0.15) is 18.9 Å². The first-order chi connectivity index (χ1) is 6.88. The number of nitrogens with one attached hydrogen (secondary N) is 1. The second-order valence-corrected chi connectivity index (χ2v) is 3.64. The third-order valence-electron chi connectivity index (χ3n) is 2.50. The van der Waals surface area contributed by atoms with Gasteiger partial charge >= 0.3 is 0 Å². The van der Waals surface area contributed by atoms with E-state index in [1.807, 2.05) is 12.4 Å². The normalized spacial score (nSPS) is 21.1. The van der Waals surface area contributed by atoms with Gasteiger partial charge in [-0.15, -0.1) is 0 Å². The van der Waals surface area contributed by atoms with Crippen molar-refractivity contribution in [3.63, 3.8) is 0 Å². The summed E-state index contributed by atoms with van der Waals surface area (Å²) in [5.41, 5.74) is 2.38. The van der Waals surface area contributed by atoms with Gasteiger partial charge in [0.25, 0.3) is 0 Å². The molecule has 1 unspecified atom stereocenters. The van der Waals surface area contributed by atoms with Crippen molar-refractivity contribution in [2.75, 3.05) is 18.5 Å². The van der Waals surface area contributed by atoms with Crippen LogP contribution in [0.4, 0.5) is 5.69 Å². The van der Waals surface area contributed by atoms with Gasteiger partial charge in [0, 0.05) is 19.0 Å². The second-order valence-electron chi connectivity index (χ2n) is 3.64. The van der Waals surface area contributed by atoms with Gasteiger partial charge in [-0.3, -0.25) is 4.98 Å². The molecule has 0 amide bonds. The van der Waals surface area contributed by atoms with Crippen LogP contribution in [0.3, 0.4) is 0 Å². The van der Waals surface area contributed by atoms with E-state index in [2.05, 4.69) is 23.3 Å². The lowest BCUT2D eigenvalue weighted by molar-refractivity contribution is 0.195. The van der Waals surface area contributed by atoms with Gasteiger partial charge in [-0.25, -0.2) is 0 Å². The van der Waals surface area contributed by atoms with Crippen molar-refractivity contribution >= 4 is 5.69 Å². The second kappa shape index (κ2) is 4.42. The minimum absolute atomic E-state index is 0.462. The average molecular weight is 192 g/mol. The maximum absolute atomic E-state index is 5.30. The van der Waals surface area contributed by atoms with E-state index < -0.39 is 0 Å². The van der Waals surface area contributed by atoms with Gasteiger partial charge in [0.05, 0.1) is 18.3 Å². The van der Waals surface area contributed by atoms with Crippen molar-refractivity contribution in [2.45, 2.75) is 25.8 Å². The Labute approximate surface area is 84.5 Å². The van der Waals surface area contributed by atoms with Crippen molar-refractivity contribution in [3.05, 3.63) is 24.0 Å². The highest BCUT2D eigenvalue weighted by atomic mass is 16.5. The van der Waals surface area contributed by atoms with Gasteiger partial charge in [0.15, 0.2) is 0 Å². The predicted molar refractivity (Wildman–Crippen MR) is 56.5 cm³/mol. The molecule has 1 aliphatic heterocycles. The summed E-state index contributed by atoms with van der Waals surface area (Å²) >= 11 is 0. The molecule has 1 aliphatic rings. The number of anilines is 1. The SMILES string of the molecule is CCc1cncc(NC2CCOC2)c1. The minimum atomic E-state index is 0.462. The van der Waals surface area contributed by atoms with Gasteiger partial charge in [-0.2, -0.15) is 0 Å². The van der Waals surface area contributed by atoms with Crippen LogP contribution in [0, 0.1) is 0 Å². The zero-order valence-corrected chi connectivity index (χ0v) is 8.49. The summed E-state index contributed by atoms with van der Waals surface area (Å²) in [4.78, 5) is 4.19. The number of aryl methyl sites for hydroxylation is 1. The quantitative estimate of drug-likeness (QED) is 0.793. The van der Waals surface area contributed by atoms with Crippen LogP contribution in [0.25, 0.3) is 0 Å². The largest absolute Gasteiger partial charge is 0.379 e. The topological polar surface area (TPSA) is 34.2 Å². The highest BCUT2D eigenvalue weighted by Gasteiger charge is 2.14. The van der Waals surface area contributed by atoms with E-state index in [4.69, 9.17) is 4.74 Å². The number of hydrogen-bond acceptors (Lipinski definition) is 3. The average Bonchev–Trinajstić information content (AvgIpc) is 2.71. The summed E-state index contributed by atoms with van der Waals surface area (Å²) in [6, 6.07) is 2.62. The first kappa shape index (κ1) is 9.46. The lowest BCUT2D eigenvalue weighted by Crippen LogP contribution is -2.18. The molecule has 2 rings (SSSR count). The van der Waals surface area contributed by atoms with E-state index in [1.165, 1.54) is 5.56 Å². The van der Waals surface area contributed by atoms with Gasteiger partial charge in [0.1, 0.15) is 0 Å². The van der Waals surface area contributed by atoms with E-state index >= 15 is 0 Å². The Bertz CT molecular complexity index is 295. The van der Waals surface area contributed by atoms with Crippen molar-refractivity contribution in [3.8, 4) is 0 Å². The monoisotopic (exact) mass is 192 g/mol. The molecule has 1 atom stereocenters. The summed E-state index contributed by atoms with van der Waals surface area (Å²) in [6.07, 6.45) is 5.91. The Morgan fingerprint density at radius 2 is 2.50 bits per heavy atom. The van der Waals surface area contributed by atoms with E-state index in [-0.39, 0.29) is 0 Å². The molecule has 1 saturated heterocycles. The van der Waals surface area contributed by atoms with Crippen LogP contribution in [0.2, 0.25) is 0 Å². The van der Waals surface area contributed by atoms with Crippen LogP contribution in [-0.2, 0) is 11.2 Å². The number of hydrogen-bond donors (Lipinski definition) is 1. The third-order valence-corrected chi connectivity index (χ3v) is 2.50. The van der Waals surface area contributed by atoms with Crippen molar-refractivity contribution in [1.82, 2.24) is 4.98 Å². The lowest BCUT2D eigenvalue weighted by atomic mass is 10.2. The van der Waals surface area contributed by atoms with Gasteiger partial charge in [-0.1, -0.05) is 6.92 Å². The molecule has 0 bridgehead atoms. The number of ether oxygens (including phenoxy) is 1. The molecular formula is C11H16N2O. The Morgan fingerprint density at radius 3 is 3.21 bits per heavy atom. The van der Waals surface area contributed by atoms with Crippen molar-refractivity contribution < 1.29 is 4.74 Å². The molecule has 14 heavy (non-hydrogen) atoms. The third kappa shape index (κ3) is 2.23. The molecular weight excluding hydrogens is 176 g/mol. The molecule has 1 aromatic rings. The zero-order valence-electron chi connectivity index (χ0n) is 8.49. The first-order valence-corrected chi connectivity index (χ1v) is 5.16. The molecule has 1 aromatic heterocycles. The van der Waals surface area contributed by atoms with Crippen LogP contribution < -0.4 is 5.32 Å². The Hall–Kier alpha value is -1.09. The Kier molecular flexibility index (Phi) is 2.99. The van der Waals surface area contributed by atoms with Gasteiger partial charge in [-0.05, 0) is 24.5 Å². The molecule has 3 heteroatoms. The van der Waals surface area contributed by atoms with Gasteiger partial charge < -0.3 is 10.1 Å². The maximum Gasteiger partial charge on any atom is 0.0668 e. The first-order valence-electron chi connectivity index (χ1n) is 5.16. The zero-order chi connectivity index (χ0) is 9.80. The van der Waals surface area contributed by atoms with Crippen LogP contribution >= 0.6 is 0 Å². The summed E-state index contributed by atoms with van der Waals surface area (Å²) < 4.78 is 5.30. The van der Waals surface area contributed by atoms with Crippen LogP contribution in [0.5, 0.6) is 0 Å². The molecule has 0 radical (unpaired) electrons. The highest BCUT2D eigenvalue weighted by molar-refractivity contribution is 5.43. The number of aromatic nitrogens is 1. The fourth-order valence-electron chi connectivity index (χ4n) is 1.64. The summed E-state index contributed by atoms with van der Waals surface area (Å²) in [5.74, 6) is 0. The molecule has 0 aliphatic carbocycles. The standard InChI is InChI=1S/C11H16N2O/c1-2-9-5-11(7-12-6-9)13-10-3-4-14-8-10/h5-7,10,13H,2-4,8H2,1H3. The summed E-state index contributed by atoms with van der Waals surface area (Å²) in [5, 5.41) is 3.43. The van der Waals surface area contributed by atoms with Crippen molar-refractivity contribution in [2.24, 2.45) is 0 Å². The molecule has 0 saturated carbocycles. The summed E-state index contributed by atoms with van der Waals surface area (Å²) in [7, 11) is 0. The van der Waals surface area contributed by atoms with E-state index in [0.717, 1.165) is 31.7 Å². The highest BCUT2D eigenvalue weighted by Crippen LogP contribution is 2.14. The Morgan fingerprint density at radius 1 is 1.57 bits per heavy atom. The minimum Gasteiger partial charge on any atom is -0.379 e.